The number of nitrogens with two attached hydrogens (primary N) is 2. The number of carbonyl (C=O) groups excluding carboxylic acids is 8. The number of aryl methyl sites for hydroxylation is 1. The van der Waals surface area contributed by atoms with Crippen LogP contribution in [0.5, 0.6) is 46.0 Å². The summed E-state index contributed by atoms with van der Waals surface area (Å²) in [5.41, 5.74) is 8.19. The van der Waals surface area contributed by atoms with Crippen molar-refractivity contribution in [2.75, 3.05) is 26.2 Å². The van der Waals surface area contributed by atoms with E-state index in [0.29, 0.717) is 57.9 Å². The Labute approximate surface area is 780 Å². The molecular weight excluding hydrogens is 1790 g/mol. The number of ether oxygens (including phenoxy) is 6. The summed E-state index contributed by atoms with van der Waals surface area (Å²) in [5, 5.41) is 135. The molecule has 0 unspecified atom stereocenters. The number of hydrogen-bond donors (Lipinski definition) is 19. The topological polar surface area (TPSA) is 582 Å². The second-order valence-electron chi connectivity index (χ2n) is 35.3. The number of nitrogens with one attached hydrogen (secondary N) is 7. The molecule has 7 aliphatic rings. The Morgan fingerprint density at radius 2 is 1.34 bits per heavy atom. The van der Waals surface area contributed by atoms with Crippen molar-refractivity contribution in [3.8, 4) is 57.1 Å². The van der Waals surface area contributed by atoms with Gasteiger partial charge in [-0.25, -0.2) is 17.9 Å². The second kappa shape index (κ2) is 46.4. The third-order valence-corrected chi connectivity index (χ3v) is 26.9. The molecule has 0 saturated carbocycles. The average molecular weight is 1910 g/mol. The maximum atomic E-state index is 16.6. The van der Waals surface area contributed by atoms with Crippen molar-refractivity contribution in [3.05, 3.63) is 146 Å². The van der Waals surface area contributed by atoms with Crippen LogP contribution >= 0.6 is 23.2 Å². The fourth-order valence-electron chi connectivity index (χ4n) is 17.4. The fraction of sp³-hybridized carbons (Fsp3) is 0.521. The van der Waals surface area contributed by atoms with Crippen molar-refractivity contribution in [1.82, 2.24) is 36.6 Å². The van der Waals surface area contributed by atoms with E-state index in [1.807, 2.05) is 26.0 Å². The number of carbonyl (C=O) groups is 9. The molecule has 0 aromatic heterocycles. The predicted octanol–water partition coefficient (Wildman–Crippen LogP) is 7.95. The standard InChI is InChI=1S/C94H121Cl2N9O27S/c1-7-9-10-14-19-49-21-26-56(27-22-49)133(125,126)100-33-18-12-11-17-32-99-45-60-64(108)43-59-75(82(60)115)58-35-51(23-28-63(58)107)57-42-66(110)76-54-39-69(128-67-29-24-52(36-61(67)95)80(113)78(103-88(119)50(8-2)34-47(3)4)65(109)38-55(41-72(98)111)89(120)101-76)85(70(40-54)129-68-30-25-53(37-62(68)96)81(114)79(104-90(57)121)91(122)102-77(59)92(123)124)132-93-86(84(117)83(116)71(46-106)130-93)131-74-44-94(6,87(118)48(5)127-74)105-73(112)20-15-13-16-31-97/h21-30,35-37,39-40,43,47-48,50,55,57,71,74,76-81,83-84,86-87,93,99-100,106-108,113-118H,7-20,31-34,38,41-42,44-46,97H2,1-6H3,(H2,98,111)(H,101,120)(H,102,122)(H,103,119)(H,104,121)(H,105,112)(H,123,124)/t48-,50+,55-,57+,71+,74-,76+,77-,78-,79-,80+,81+,83+,84-,86+,87+,93-,94-/m0/s1. The molecule has 6 aromatic carbocycles. The van der Waals surface area contributed by atoms with Crippen LogP contribution in [0.2, 0.25) is 10.0 Å². The molecule has 11 bridgehead atoms. The molecule has 0 spiro atoms. The van der Waals surface area contributed by atoms with E-state index in [0.717, 1.165) is 92.3 Å². The number of benzene rings is 6. The Morgan fingerprint density at radius 1 is 0.692 bits per heavy atom. The summed E-state index contributed by atoms with van der Waals surface area (Å²) in [7, 11) is -3.80. The Kier molecular flexibility index (Phi) is 36.0. The van der Waals surface area contributed by atoms with Crippen LogP contribution in [0.15, 0.2) is 102 Å². The molecule has 0 aliphatic carbocycles. The minimum atomic E-state index is -3.80. The Hall–Kier alpha value is -10.2. The lowest BCUT2D eigenvalue weighted by molar-refractivity contribution is -0.334. The number of rotatable bonds is 35. The van der Waals surface area contributed by atoms with Gasteiger partial charge in [0, 0.05) is 67.8 Å². The van der Waals surface area contributed by atoms with Crippen LogP contribution < -0.4 is 62.3 Å². The molecule has 21 N–H and O–H groups in total. The highest BCUT2D eigenvalue weighted by atomic mass is 35.5. The predicted molar refractivity (Wildman–Crippen MR) is 484 cm³/mol. The smallest absolute Gasteiger partial charge is 0.330 e. The highest BCUT2D eigenvalue weighted by Crippen LogP contribution is 2.52. The van der Waals surface area contributed by atoms with Gasteiger partial charge in [0.1, 0.15) is 83.5 Å². The normalized spacial score (nSPS) is 25.4. The van der Waals surface area contributed by atoms with E-state index in [-0.39, 0.29) is 82.7 Å². The van der Waals surface area contributed by atoms with Gasteiger partial charge in [0.15, 0.2) is 41.5 Å². The number of halogens is 2. The van der Waals surface area contributed by atoms with Crippen LogP contribution in [0.25, 0.3) is 11.1 Å². The van der Waals surface area contributed by atoms with Gasteiger partial charge in [-0.2, -0.15) is 0 Å². The van der Waals surface area contributed by atoms with Gasteiger partial charge in [-0.15, -0.1) is 0 Å². The van der Waals surface area contributed by atoms with Gasteiger partial charge >= 0.3 is 5.97 Å². The average Bonchev–Trinajstić information content (AvgIpc) is 0.741. The van der Waals surface area contributed by atoms with E-state index >= 15 is 24.0 Å². The summed E-state index contributed by atoms with van der Waals surface area (Å²) in [6, 6.07) is 11.4. The lowest BCUT2D eigenvalue weighted by atomic mass is 9.84. The number of primary amides is 1. The number of phenols is 3. The number of phenolic OH excluding ortho intramolecular Hbond substituents is 3. The molecule has 133 heavy (non-hydrogen) atoms. The summed E-state index contributed by atoms with van der Waals surface area (Å²) in [6.07, 6.45) is -12.0. The van der Waals surface area contributed by atoms with Crippen molar-refractivity contribution in [3.63, 3.8) is 0 Å². The van der Waals surface area contributed by atoms with Gasteiger partial charge < -0.3 is 123 Å². The lowest BCUT2D eigenvalue weighted by Crippen LogP contribution is -2.66. The van der Waals surface area contributed by atoms with E-state index in [1.165, 1.54) is 25.1 Å². The molecule has 724 valence electrons. The number of amides is 6. The molecule has 36 nitrogen and oxygen atoms in total. The van der Waals surface area contributed by atoms with Crippen molar-refractivity contribution in [1.29, 1.82) is 0 Å². The largest absolute Gasteiger partial charge is 0.507 e. The fourth-order valence-corrected chi connectivity index (χ4v) is 18.9. The van der Waals surface area contributed by atoms with Crippen LogP contribution in [0.1, 0.15) is 226 Å². The number of sulfonamides is 1. The SMILES string of the molecule is CCCCCCc1ccc(S(=O)(=O)NCCCCCCNCc2c(O)cc3c(c2O)-c2cc(ccc2O)[C@H]2CC(=O)[C@@H]4NC(=O)[C@H](CC(N)=O)CC(=O)[C@H](NC(=O)[C@H](CC)CC(C)C)[C@H](O)c5ccc(c(Cl)c5)Oc5cc4cc(c5O[C@@H]4O[C@H](CO)[C@@H](O)[C@H](O)[C@H]4O[C@H]4C[C@](C)(NC(=O)CCCCCN)[C@H](O)[C@H](C)O4)Oc4ccc(cc4Cl)[C@@H](O)[C@H](NC2=O)C(=O)N[C@@H]3C(=O)O)cc1. The third kappa shape index (κ3) is 25.5. The molecule has 7 aliphatic heterocycles. The number of carboxylic acid groups (broad SMARTS) is 1. The summed E-state index contributed by atoms with van der Waals surface area (Å²) in [4.78, 5) is 134. The second-order valence-corrected chi connectivity index (χ2v) is 37.9. The van der Waals surface area contributed by atoms with E-state index in [4.69, 9.17) is 63.1 Å². The first-order chi connectivity index (χ1) is 63.3. The number of aromatic hydroxyl groups is 3. The molecule has 0 radical (unpaired) electrons. The van der Waals surface area contributed by atoms with Crippen LogP contribution in [-0.2, 0) is 80.4 Å². The van der Waals surface area contributed by atoms with Crippen LogP contribution in [0.3, 0.4) is 0 Å². The van der Waals surface area contributed by atoms with E-state index in [2.05, 4.69) is 43.5 Å². The van der Waals surface area contributed by atoms with Gasteiger partial charge in [0.2, 0.25) is 57.5 Å². The maximum absolute atomic E-state index is 16.6. The first-order valence-electron chi connectivity index (χ1n) is 45.0. The summed E-state index contributed by atoms with van der Waals surface area (Å²) in [6.45, 7) is 10.1. The molecule has 39 heteroatoms. The van der Waals surface area contributed by atoms with Crippen LogP contribution in [0.4, 0.5) is 0 Å². The number of aliphatic carboxylic acids is 1. The van der Waals surface area contributed by atoms with Gasteiger partial charge in [0.05, 0.1) is 50.6 Å². The third-order valence-electron chi connectivity index (χ3n) is 24.8. The molecule has 2 saturated heterocycles. The maximum Gasteiger partial charge on any atom is 0.330 e. The first-order valence-corrected chi connectivity index (χ1v) is 47.3. The highest BCUT2D eigenvalue weighted by molar-refractivity contribution is 7.89. The lowest BCUT2D eigenvalue weighted by Gasteiger charge is -2.48. The number of Topliss-reactive ketones (excluding diaryl/α,β-unsaturated/α-hetero) is 2. The van der Waals surface area contributed by atoms with Gasteiger partial charge in [-0.3, -0.25) is 38.4 Å². The van der Waals surface area contributed by atoms with E-state index in [1.54, 1.807) is 26.0 Å². The number of hydrogen-bond acceptors (Lipinski definition) is 28. The van der Waals surface area contributed by atoms with Crippen LogP contribution in [-0.4, -0.2) is 206 Å². The Bertz CT molecular complexity index is 5310. The van der Waals surface area contributed by atoms with Gasteiger partial charge in [-0.1, -0.05) is 120 Å². The highest BCUT2D eigenvalue weighted by Gasteiger charge is 2.53. The minimum Gasteiger partial charge on any atom is -0.507 e. The number of ketones is 2. The number of carboxylic acids is 1. The van der Waals surface area contributed by atoms with Crippen molar-refractivity contribution >= 4 is 86.2 Å². The summed E-state index contributed by atoms with van der Waals surface area (Å²) in [5.74, 6) is -20.1. The van der Waals surface area contributed by atoms with Crippen molar-refractivity contribution < 1.29 is 131 Å². The summed E-state index contributed by atoms with van der Waals surface area (Å²) < 4.78 is 68.4. The number of aliphatic hydroxyl groups excluding tert-OH is 6. The molecule has 6 aromatic rings. The Balaban J connectivity index is 1.04. The number of aliphatic hydroxyl groups is 6. The molecule has 6 amide bonds. The van der Waals surface area contributed by atoms with Crippen molar-refractivity contribution in [2.24, 2.45) is 29.2 Å². The zero-order chi connectivity index (χ0) is 96.6. The molecule has 13 rings (SSSR count). The zero-order valence-corrected chi connectivity index (χ0v) is 77.2. The van der Waals surface area contributed by atoms with E-state index < -0.39 is 265 Å². The minimum absolute atomic E-state index is 0.0452. The quantitative estimate of drug-likeness (QED) is 0.0168. The summed E-state index contributed by atoms with van der Waals surface area (Å²) >= 11 is 14.4. The molecule has 2 fully saturated rings. The van der Waals surface area contributed by atoms with Crippen LogP contribution in [0, 0.1) is 17.8 Å². The molecule has 7 heterocycles. The Morgan fingerprint density at radius 3 is 1.96 bits per heavy atom. The first kappa shape index (κ1) is 103. The number of unbranched alkanes of at least 4 members (excludes halogenated alkanes) is 8. The molecule has 18 atom stereocenters. The zero-order valence-electron chi connectivity index (χ0n) is 74.8. The van der Waals surface area contributed by atoms with Gasteiger partial charge in [-0.05, 0) is 179 Å². The van der Waals surface area contributed by atoms with Crippen molar-refractivity contribution in [2.45, 2.75) is 272 Å². The van der Waals surface area contributed by atoms with E-state index in [9.17, 15) is 78.7 Å². The van der Waals surface area contributed by atoms with Gasteiger partial charge in [0.25, 0.3) is 0 Å². The monoisotopic (exact) mass is 1910 g/mol. The number of fused-ring (bicyclic) bond motifs is 15. The molecular formula is C94H121Cl2N9O27S.